The van der Waals surface area contributed by atoms with Crippen molar-refractivity contribution in [1.82, 2.24) is 15.0 Å². The van der Waals surface area contributed by atoms with Crippen LogP contribution in [0.3, 0.4) is 0 Å². The van der Waals surface area contributed by atoms with Crippen LogP contribution in [-0.2, 0) is 4.79 Å². The molecule has 0 aromatic carbocycles. The number of amides is 1. The van der Waals surface area contributed by atoms with E-state index >= 15 is 0 Å². The maximum Gasteiger partial charge on any atom is 0.322 e. The maximum atomic E-state index is 11.1. The van der Waals surface area contributed by atoms with Crippen molar-refractivity contribution in [2.24, 2.45) is 11.7 Å². The van der Waals surface area contributed by atoms with E-state index in [2.05, 4.69) is 15.0 Å². The van der Waals surface area contributed by atoms with Crippen LogP contribution in [0.1, 0.15) is 20.3 Å². The van der Waals surface area contributed by atoms with Crippen LogP contribution in [0.2, 0.25) is 5.28 Å². The van der Waals surface area contributed by atoms with Gasteiger partial charge in [-0.15, -0.1) is 0 Å². The van der Waals surface area contributed by atoms with Gasteiger partial charge in [0.15, 0.2) is 0 Å². The summed E-state index contributed by atoms with van der Waals surface area (Å²) in [5, 5.41) is 0.0724. The monoisotopic (exact) mass is 285 g/mol. The lowest BCUT2D eigenvalue weighted by Crippen LogP contribution is -2.28. The van der Waals surface area contributed by atoms with Gasteiger partial charge < -0.3 is 15.4 Å². The Morgan fingerprint density at radius 2 is 2.21 bits per heavy atom. The molecule has 0 bridgehead atoms. The number of halogens is 1. The summed E-state index contributed by atoms with van der Waals surface area (Å²) < 4.78 is 5.40. The number of hydrogen-bond acceptors (Lipinski definition) is 6. The number of primary amides is 1. The summed E-state index contributed by atoms with van der Waals surface area (Å²) in [6, 6.07) is 0.188. The Hall–Kier alpha value is -1.63. The molecule has 1 saturated heterocycles. The molecule has 1 aromatic rings. The van der Waals surface area contributed by atoms with E-state index in [1.807, 2.05) is 18.7 Å². The van der Waals surface area contributed by atoms with Crippen LogP contribution in [0.25, 0.3) is 0 Å². The first-order valence-corrected chi connectivity index (χ1v) is 6.46. The molecule has 1 aliphatic heterocycles. The van der Waals surface area contributed by atoms with Crippen molar-refractivity contribution in [2.45, 2.75) is 26.4 Å². The first kappa shape index (κ1) is 13.8. The van der Waals surface area contributed by atoms with Gasteiger partial charge in [0.25, 0.3) is 0 Å². The van der Waals surface area contributed by atoms with Gasteiger partial charge in [-0.25, -0.2) is 0 Å². The number of carbonyl (C=O) groups is 1. The molecular formula is C11H16ClN5O2. The number of anilines is 1. The lowest BCUT2D eigenvalue weighted by molar-refractivity contribution is -0.121. The fourth-order valence-corrected chi connectivity index (χ4v) is 2.05. The highest BCUT2D eigenvalue weighted by Gasteiger charge is 2.28. The SMILES string of the molecule is CC(C)Oc1nc(Cl)nc(N2CCC(C(N)=O)C2)n1. The largest absolute Gasteiger partial charge is 0.461 e. The molecule has 2 N–H and O–H groups in total. The van der Waals surface area contributed by atoms with Crippen molar-refractivity contribution in [3.05, 3.63) is 5.28 Å². The predicted molar refractivity (Wildman–Crippen MR) is 70.1 cm³/mol. The first-order valence-electron chi connectivity index (χ1n) is 6.08. The zero-order chi connectivity index (χ0) is 14.0. The topological polar surface area (TPSA) is 94.2 Å². The van der Waals surface area contributed by atoms with Gasteiger partial charge in [0.1, 0.15) is 0 Å². The molecule has 0 radical (unpaired) electrons. The number of carbonyl (C=O) groups excluding carboxylic acids is 1. The average molecular weight is 286 g/mol. The number of ether oxygens (including phenoxy) is 1. The standard InChI is InChI=1S/C11H16ClN5O2/c1-6(2)19-11-15-9(12)14-10(16-11)17-4-3-7(5-17)8(13)18/h6-7H,3-5H2,1-2H3,(H2,13,18). The molecule has 0 aliphatic carbocycles. The van der Waals surface area contributed by atoms with Crippen LogP contribution in [-0.4, -0.2) is 40.1 Å². The van der Waals surface area contributed by atoms with Crippen molar-refractivity contribution >= 4 is 23.5 Å². The second-order valence-electron chi connectivity index (χ2n) is 4.69. The highest BCUT2D eigenvalue weighted by Crippen LogP contribution is 2.23. The molecule has 0 spiro atoms. The molecule has 1 atom stereocenters. The molecule has 2 rings (SSSR count). The normalized spacial score (nSPS) is 18.9. The third-order valence-corrected chi connectivity index (χ3v) is 2.96. The molecule has 19 heavy (non-hydrogen) atoms. The minimum Gasteiger partial charge on any atom is -0.461 e. The number of aromatic nitrogens is 3. The zero-order valence-corrected chi connectivity index (χ0v) is 11.6. The van der Waals surface area contributed by atoms with Crippen LogP contribution in [0, 0.1) is 5.92 Å². The molecule has 1 unspecified atom stereocenters. The van der Waals surface area contributed by atoms with Crippen molar-refractivity contribution < 1.29 is 9.53 Å². The summed E-state index contributed by atoms with van der Waals surface area (Å²) >= 11 is 5.85. The van der Waals surface area contributed by atoms with Crippen LogP contribution in [0.4, 0.5) is 5.95 Å². The summed E-state index contributed by atoms with van der Waals surface area (Å²) in [6.07, 6.45) is 0.641. The van der Waals surface area contributed by atoms with Gasteiger partial charge in [-0.3, -0.25) is 4.79 Å². The second-order valence-corrected chi connectivity index (χ2v) is 5.03. The molecule has 0 saturated carbocycles. The smallest absolute Gasteiger partial charge is 0.322 e. The van der Waals surface area contributed by atoms with Gasteiger partial charge in [0.05, 0.1) is 12.0 Å². The minimum absolute atomic E-state index is 0.0525. The molecule has 1 aromatic heterocycles. The zero-order valence-electron chi connectivity index (χ0n) is 10.8. The van der Waals surface area contributed by atoms with Crippen LogP contribution >= 0.6 is 11.6 Å². The highest BCUT2D eigenvalue weighted by molar-refractivity contribution is 6.28. The van der Waals surface area contributed by atoms with Gasteiger partial charge in [-0.1, -0.05) is 0 Å². The Morgan fingerprint density at radius 3 is 2.79 bits per heavy atom. The number of nitrogens with zero attached hydrogens (tertiary/aromatic N) is 4. The second kappa shape index (κ2) is 5.56. The quantitative estimate of drug-likeness (QED) is 0.872. The van der Waals surface area contributed by atoms with Gasteiger partial charge in [-0.05, 0) is 31.9 Å². The van der Waals surface area contributed by atoms with Crippen LogP contribution < -0.4 is 15.4 Å². The fourth-order valence-electron chi connectivity index (χ4n) is 1.90. The first-order chi connectivity index (χ1) is 8.95. The third-order valence-electron chi connectivity index (χ3n) is 2.79. The minimum atomic E-state index is -0.304. The Kier molecular flexibility index (Phi) is 4.04. The van der Waals surface area contributed by atoms with E-state index in [9.17, 15) is 4.79 Å². The van der Waals surface area contributed by atoms with Gasteiger partial charge in [-0.2, -0.15) is 15.0 Å². The molecule has 1 fully saturated rings. The summed E-state index contributed by atoms with van der Waals surface area (Å²) in [4.78, 5) is 25.2. The van der Waals surface area contributed by atoms with E-state index in [1.165, 1.54) is 0 Å². The van der Waals surface area contributed by atoms with E-state index in [0.29, 0.717) is 25.5 Å². The van der Waals surface area contributed by atoms with E-state index in [4.69, 9.17) is 22.1 Å². The molecule has 7 nitrogen and oxygen atoms in total. The summed E-state index contributed by atoms with van der Waals surface area (Å²) in [7, 11) is 0. The lowest BCUT2D eigenvalue weighted by Gasteiger charge is -2.16. The average Bonchev–Trinajstić information content (AvgIpc) is 2.76. The van der Waals surface area contributed by atoms with E-state index < -0.39 is 0 Å². The van der Waals surface area contributed by atoms with Crippen LogP contribution in [0.15, 0.2) is 0 Å². The van der Waals surface area contributed by atoms with Gasteiger partial charge in [0, 0.05) is 13.1 Å². The molecule has 1 amide bonds. The van der Waals surface area contributed by atoms with E-state index in [1.54, 1.807) is 0 Å². The Balaban J connectivity index is 2.16. The Morgan fingerprint density at radius 1 is 1.47 bits per heavy atom. The van der Waals surface area contributed by atoms with Crippen LogP contribution in [0.5, 0.6) is 6.01 Å². The van der Waals surface area contributed by atoms with Crippen molar-refractivity contribution in [3.8, 4) is 6.01 Å². The number of rotatable bonds is 4. The number of nitrogens with two attached hydrogens (primary N) is 1. The number of hydrogen-bond donors (Lipinski definition) is 1. The van der Waals surface area contributed by atoms with Gasteiger partial charge >= 0.3 is 6.01 Å². The third kappa shape index (κ3) is 3.44. The predicted octanol–water partition coefficient (Wildman–Crippen LogP) is 0.624. The van der Waals surface area contributed by atoms with Crippen molar-refractivity contribution in [3.63, 3.8) is 0 Å². The molecular weight excluding hydrogens is 270 g/mol. The molecule has 1 aliphatic rings. The Bertz CT molecular complexity index is 482. The van der Waals surface area contributed by atoms with E-state index in [-0.39, 0.29) is 29.2 Å². The summed E-state index contributed by atoms with van der Waals surface area (Å²) in [5.74, 6) is -0.0642. The summed E-state index contributed by atoms with van der Waals surface area (Å²) in [6.45, 7) is 4.90. The lowest BCUT2D eigenvalue weighted by atomic mass is 10.1. The van der Waals surface area contributed by atoms with E-state index in [0.717, 1.165) is 0 Å². The molecule has 2 heterocycles. The fraction of sp³-hybridized carbons (Fsp3) is 0.636. The van der Waals surface area contributed by atoms with Gasteiger partial charge in [0.2, 0.25) is 17.1 Å². The van der Waals surface area contributed by atoms with Crippen molar-refractivity contribution in [2.75, 3.05) is 18.0 Å². The van der Waals surface area contributed by atoms with Crippen molar-refractivity contribution in [1.29, 1.82) is 0 Å². The molecule has 8 heteroatoms. The molecule has 104 valence electrons. The summed E-state index contributed by atoms with van der Waals surface area (Å²) in [5.41, 5.74) is 5.29. The Labute approximate surface area is 116 Å². The highest BCUT2D eigenvalue weighted by atomic mass is 35.5. The maximum absolute atomic E-state index is 11.1.